The lowest BCUT2D eigenvalue weighted by molar-refractivity contribution is -0.218. The molecule has 1 aliphatic heterocycles. The van der Waals surface area contributed by atoms with E-state index in [4.69, 9.17) is 10.5 Å². The Bertz CT molecular complexity index is 1540. The molecule has 48 heavy (non-hydrogen) atoms. The first kappa shape index (κ1) is 34.7. The average molecular weight is 680 g/mol. The number of esters is 1. The topological polar surface area (TPSA) is 102 Å². The van der Waals surface area contributed by atoms with Gasteiger partial charge in [0.25, 0.3) is 0 Å². The molecule has 266 valence electrons. The number of allylic oxidation sites excluding steroid dienone is 2. The number of fused-ring (bicyclic) bond motifs is 7. The molecule has 9 atom stereocenters. The Morgan fingerprint density at radius 1 is 0.917 bits per heavy atom. The second-order valence-corrected chi connectivity index (χ2v) is 20.4. The highest BCUT2D eigenvalue weighted by Gasteiger charge is 2.70. The van der Waals surface area contributed by atoms with Crippen molar-refractivity contribution in [3.8, 4) is 0 Å². The van der Waals surface area contributed by atoms with Gasteiger partial charge >= 0.3 is 5.97 Å². The van der Waals surface area contributed by atoms with Crippen molar-refractivity contribution in [2.75, 3.05) is 44.8 Å². The summed E-state index contributed by atoms with van der Waals surface area (Å²) in [5, 5.41) is 4.12. The molecule has 0 amide bonds. The summed E-state index contributed by atoms with van der Waals surface area (Å²) < 4.78 is 28.9. The van der Waals surface area contributed by atoms with Gasteiger partial charge in [-0.3, -0.25) is 0 Å². The third-order valence-corrected chi connectivity index (χ3v) is 17.6. The molecule has 1 aromatic rings. The summed E-state index contributed by atoms with van der Waals surface area (Å²) in [6.45, 7) is 16.1. The number of hydrogen-bond donors (Lipinski definition) is 2. The predicted octanol–water partition coefficient (Wildman–Crippen LogP) is 6.33. The number of sulfone groups is 1. The molecule has 1 saturated heterocycles. The minimum Gasteiger partial charge on any atom is -0.465 e. The number of nitrogens with two attached hydrogens (primary N) is 1. The van der Waals surface area contributed by atoms with Gasteiger partial charge in [-0.25, -0.2) is 13.2 Å². The van der Waals surface area contributed by atoms with Crippen LogP contribution in [-0.4, -0.2) is 75.7 Å². The van der Waals surface area contributed by atoms with Crippen LogP contribution in [0.2, 0.25) is 0 Å². The molecule has 5 aliphatic carbocycles. The van der Waals surface area contributed by atoms with Gasteiger partial charge in [0.2, 0.25) is 0 Å². The van der Waals surface area contributed by atoms with Crippen molar-refractivity contribution in [3.63, 3.8) is 0 Å². The number of benzene rings is 1. The van der Waals surface area contributed by atoms with Crippen LogP contribution < -0.4 is 11.1 Å². The van der Waals surface area contributed by atoms with Crippen LogP contribution in [0, 0.1) is 45.3 Å². The molecule has 0 bridgehead atoms. The second-order valence-electron chi connectivity index (χ2n) is 18.1. The summed E-state index contributed by atoms with van der Waals surface area (Å²) in [5.74, 6) is 2.72. The Balaban J connectivity index is 1.11. The number of nitrogens with one attached hydrogen (secondary N) is 1. The van der Waals surface area contributed by atoms with Crippen LogP contribution in [0.25, 0.3) is 5.57 Å². The molecule has 7 nitrogen and oxygen atoms in total. The number of hydrogen-bond acceptors (Lipinski definition) is 7. The number of methoxy groups -OCH3 is 1. The molecule has 0 radical (unpaired) electrons. The van der Waals surface area contributed by atoms with Crippen LogP contribution in [0.15, 0.2) is 30.3 Å². The monoisotopic (exact) mass is 679 g/mol. The predicted molar refractivity (Wildman–Crippen MR) is 193 cm³/mol. The quantitative estimate of drug-likeness (QED) is 0.339. The van der Waals surface area contributed by atoms with Crippen molar-refractivity contribution in [2.45, 2.75) is 104 Å². The molecule has 8 heteroatoms. The summed E-state index contributed by atoms with van der Waals surface area (Å²) >= 11 is 0. The van der Waals surface area contributed by atoms with E-state index in [1.165, 1.54) is 63.2 Å². The van der Waals surface area contributed by atoms with Crippen molar-refractivity contribution >= 4 is 21.4 Å². The fraction of sp³-hybridized carbons (Fsp3) is 0.775. The molecule has 1 aromatic carbocycles. The summed E-state index contributed by atoms with van der Waals surface area (Å²) in [6, 6.07) is 8.31. The maximum absolute atomic E-state index is 12.1. The van der Waals surface area contributed by atoms with Crippen molar-refractivity contribution in [3.05, 3.63) is 41.5 Å². The summed E-state index contributed by atoms with van der Waals surface area (Å²) in [5.41, 5.74) is 11.3. The first-order valence-electron chi connectivity index (χ1n) is 18.9. The van der Waals surface area contributed by atoms with E-state index in [0.29, 0.717) is 53.8 Å². The largest absolute Gasteiger partial charge is 0.465 e. The van der Waals surface area contributed by atoms with Gasteiger partial charge < -0.3 is 20.7 Å². The molecular formula is C40H61N3O4S. The highest BCUT2D eigenvalue weighted by molar-refractivity contribution is 7.91. The zero-order chi connectivity index (χ0) is 34.3. The maximum atomic E-state index is 12.1. The number of rotatable bonds is 6. The van der Waals surface area contributed by atoms with Crippen LogP contribution in [0.4, 0.5) is 0 Å². The maximum Gasteiger partial charge on any atom is 0.337 e. The van der Waals surface area contributed by atoms with Crippen molar-refractivity contribution < 1.29 is 17.9 Å². The number of ether oxygens (including phenoxy) is 1. The highest BCUT2D eigenvalue weighted by atomic mass is 32.2. The van der Waals surface area contributed by atoms with Crippen LogP contribution in [-0.2, 0) is 14.6 Å². The fourth-order valence-electron chi connectivity index (χ4n) is 13.4. The minimum atomic E-state index is -2.85. The third-order valence-electron chi connectivity index (χ3n) is 16.0. The lowest BCUT2D eigenvalue weighted by Crippen LogP contribution is -2.69. The Kier molecular flexibility index (Phi) is 8.61. The summed E-state index contributed by atoms with van der Waals surface area (Å²) in [7, 11) is -1.42. The van der Waals surface area contributed by atoms with Gasteiger partial charge in [0.05, 0.1) is 24.2 Å². The number of carbonyl (C=O) groups is 1. The molecule has 1 unspecified atom stereocenters. The Morgan fingerprint density at radius 2 is 1.62 bits per heavy atom. The van der Waals surface area contributed by atoms with Gasteiger partial charge in [-0.15, -0.1) is 0 Å². The van der Waals surface area contributed by atoms with Crippen LogP contribution in [0.1, 0.15) is 108 Å². The van der Waals surface area contributed by atoms with Gasteiger partial charge in [0.15, 0.2) is 9.84 Å². The van der Waals surface area contributed by atoms with Crippen LogP contribution >= 0.6 is 0 Å². The molecule has 6 aliphatic rings. The molecule has 3 N–H and O–H groups in total. The highest BCUT2D eigenvalue weighted by Crippen LogP contribution is 2.76. The second kappa shape index (κ2) is 11.9. The molecule has 1 heterocycles. The van der Waals surface area contributed by atoms with Gasteiger partial charge in [-0.05, 0) is 126 Å². The summed E-state index contributed by atoms with van der Waals surface area (Å²) in [6.07, 6.45) is 13.5. The van der Waals surface area contributed by atoms with E-state index >= 15 is 0 Å². The lowest BCUT2D eigenvalue weighted by atomic mass is 9.33. The Morgan fingerprint density at radius 3 is 2.31 bits per heavy atom. The first-order chi connectivity index (χ1) is 22.6. The van der Waals surface area contributed by atoms with Crippen molar-refractivity contribution in [1.82, 2.24) is 10.2 Å². The fourth-order valence-corrected chi connectivity index (χ4v) is 14.7. The molecule has 0 spiro atoms. The number of nitrogens with zero attached hydrogens (tertiary/aromatic N) is 1. The van der Waals surface area contributed by atoms with E-state index in [-0.39, 0.29) is 39.2 Å². The van der Waals surface area contributed by atoms with Gasteiger partial charge in [-0.1, -0.05) is 52.8 Å². The molecule has 5 fully saturated rings. The van der Waals surface area contributed by atoms with Gasteiger partial charge in [0, 0.05) is 37.8 Å². The summed E-state index contributed by atoms with van der Waals surface area (Å²) in [4.78, 5) is 14.4. The standard InChI is InChI=1S/C40H61N3O4S/c1-36(2)29(27-7-9-28(10-8-27)35(44)47-6)13-16-37(3)32(36)15-17-39(5)33(37)12-11-30-34-31(41)14-18-40(34,20-19-38(30,39)4)42-21-22-43-23-25-48(45,46)26-24-43/h7-10,13,30-34,42H,11-12,14-26,41H2,1-6H3/t30-,31-,32+,33-,34+,37+,38-,39-,40?/m1/s1. The number of carbonyl (C=O) groups excluding carboxylic acids is 1. The van der Waals surface area contributed by atoms with E-state index in [2.05, 4.69) is 63.0 Å². The van der Waals surface area contributed by atoms with E-state index in [0.717, 1.165) is 25.9 Å². The van der Waals surface area contributed by atoms with E-state index in [1.807, 2.05) is 12.1 Å². The zero-order valence-electron chi connectivity index (χ0n) is 30.4. The first-order valence-corrected chi connectivity index (χ1v) is 20.8. The Hall–Kier alpha value is -1.74. The van der Waals surface area contributed by atoms with Crippen molar-refractivity contribution in [2.24, 2.45) is 51.1 Å². The van der Waals surface area contributed by atoms with E-state index in [9.17, 15) is 13.2 Å². The SMILES string of the molecule is COC(=O)c1ccc(C2=CC[C@]3(C)[C@H]4CC[C@@H]5[C@H]6[C@H](N)CCC6(NCCN6CCS(=O)(=O)CC6)CC[C@@]5(C)[C@]4(C)CC[C@H]3C2(C)C)cc1. The Labute approximate surface area is 290 Å². The van der Waals surface area contributed by atoms with Gasteiger partial charge in [-0.2, -0.15) is 0 Å². The molecule has 7 rings (SSSR count). The lowest BCUT2D eigenvalue weighted by Gasteiger charge is -2.72. The van der Waals surface area contributed by atoms with Crippen LogP contribution in [0.3, 0.4) is 0 Å². The van der Waals surface area contributed by atoms with Gasteiger partial charge in [0.1, 0.15) is 0 Å². The normalized spacial score (nSPS) is 43.2. The molecule has 0 aromatic heterocycles. The zero-order valence-corrected chi connectivity index (χ0v) is 31.3. The molecule has 4 saturated carbocycles. The average Bonchev–Trinajstić information content (AvgIpc) is 3.38. The van der Waals surface area contributed by atoms with E-state index < -0.39 is 9.84 Å². The smallest absolute Gasteiger partial charge is 0.337 e. The van der Waals surface area contributed by atoms with E-state index in [1.54, 1.807) is 0 Å². The third kappa shape index (κ3) is 5.20. The van der Waals surface area contributed by atoms with Crippen LogP contribution in [0.5, 0.6) is 0 Å². The van der Waals surface area contributed by atoms with Crippen molar-refractivity contribution in [1.29, 1.82) is 0 Å². The molecular weight excluding hydrogens is 619 g/mol. The minimum absolute atomic E-state index is 0.0385.